The third kappa shape index (κ3) is 3.64. The van der Waals surface area contributed by atoms with Gasteiger partial charge in [-0.1, -0.05) is 0 Å². The van der Waals surface area contributed by atoms with Crippen LogP contribution in [0.15, 0.2) is 24.7 Å². The first-order chi connectivity index (χ1) is 15.6. The molecule has 0 spiro atoms. The summed E-state index contributed by atoms with van der Waals surface area (Å²) < 4.78 is 13.5. The van der Waals surface area contributed by atoms with Gasteiger partial charge in [-0.25, -0.2) is 14.8 Å². The number of pyridine rings is 1. The molecule has 2 aliphatic heterocycles. The van der Waals surface area contributed by atoms with E-state index >= 15 is 0 Å². The Balaban J connectivity index is 1.35. The van der Waals surface area contributed by atoms with Crippen LogP contribution in [0, 0.1) is 6.92 Å². The molecule has 3 aromatic heterocycles. The zero-order chi connectivity index (χ0) is 22.2. The molecule has 0 radical (unpaired) electrons. The first-order valence-corrected chi connectivity index (χ1v) is 10.9. The van der Waals surface area contributed by atoms with E-state index in [1.807, 2.05) is 39.6 Å². The van der Waals surface area contributed by atoms with Gasteiger partial charge >= 0.3 is 6.03 Å². The average molecular weight is 438 g/mol. The fraction of sp³-hybridized carbons (Fsp3) is 0.500. The average Bonchev–Trinajstić information content (AvgIpc) is 3.38. The lowest BCUT2D eigenvalue weighted by Gasteiger charge is -2.40. The molecule has 0 aromatic carbocycles. The number of hydrogen-bond acceptors (Lipinski definition) is 7. The van der Waals surface area contributed by atoms with Crippen LogP contribution in [-0.4, -0.2) is 85.8 Å². The number of imidazole rings is 1. The van der Waals surface area contributed by atoms with Gasteiger partial charge in [-0.2, -0.15) is 4.98 Å². The highest BCUT2D eigenvalue weighted by Gasteiger charge is 2.37. The van der Waals surface area contributed by atoms with Crippen LogP contribution in [0.25, 0.3) is 22.6 Å². The molecule has 168 valence electrons. The summed E-state index contributed by atoms with van der Waals surface area (Å²) in [4.78, 5) is 34.3. The molecule has 0 N–H and O–H groups in total. The Hall–Kier alpha value is -3.27. The van der Waals surface area contributed by atoms with Gasteiger partial charge < -0.3 is 23.8 Å². The highest BCUT2D eigenvalue weighted by molar-refractivity contribution is 5.81. The van der Waals surface area contributed by atoms with Crippen molar-refractivity contribution in [1.82, 2.24) is 34.3 Å². The number of aryl methyl sites for hydroxylation is 2. The molecule has 32 heavy (non-hydrogen) atoms. The minimum Gasteiger partial charge on any atom is -0.471 e. The Kier molecular flexibility index (Phi) is 5.38. The number of carbonyl (C=O) groups excluding carboxylic acids is 1. The van der Waals surface area contributed by atoms with Crippen LogP contribution in [0.4, 0.5) is 4.79 Å². The Morgan fingerprint density at radius 3 is 2.66 bits per heavy atom. The quantitative estimate of drug-likeness (QED) is 0.603. The summed E-state index contributed by atoms with van der Waals surface area (Å²) in [5.74, 6) is 1.24. The summed E-state index contributed by atoms with van der Waals surface area (Å²) in [5, 5.41) is 0. The van der Waals surface area contributed by atoms with Gasteiger partial charge in [-0.3, -0.25) is 4.98 Å². The van der Waals surface area contributed by atoms with Crippen LogP contribution >= 0.6 is 0 Å². The Bertz CT molecular complexity index is 1120. The molecule has 5 heterocycles. The number of fused-ring (bicyclic) bond motifs is 1. The van der Waals surface area contributed by atoms with Crippen molar-refractivity contribution in [1.29, 1.82) is 0 Å². The maximum absolute atomic E-state index is 12.7. The van der Waals surface area contributed by atoms with Gasteiger partial charge in [0.15, 0.2) is 11.2 Å². The normalized spacial score (nSPS) is 18.9. The maximum atomic E-state index is 12.7. The van der Waals surface area contributed by atoms with Gasteiger partial charge in [0.2, 0.25) is 5.88 Å². The van der Waals surface area contributed by atoms with Crippen molar-refractivity contribution in [3.05, 3.63) is 30.4 Å². The van der Waals surface area contributed by atoms with Crippen molar-refractivity contribution in [2.75, 3.05) is 33.3 Å². The van der Waals surface area contributed by atoms with E-state index < -0.39 is 0 Å². The van der Waals surface area contributed by atoms with Crippen LogP contribution in [-0.2, 0) is 11.3 Å². The number of amides is 2. The second kappa shape index (κ2) is 8.34. The van der Waals surface area contributed by atoms with Crippen molar-refractivity contribution in [3.63, 3.8) is 0 Å². The minimum atomic E-state index is -0.132. The monoisotopic (exact) mass is 437 g/mol. The summed E-state index contributed by atoms with van der Waals surface area (Å²) in [7, 11) is 1.68. The SMILES string of the molecule is CCn1c(-c2ccc(C)nc2)nc2c(O[C@H]3CCN(C(=O)N4CC(OC)C4)C3)ncnc21. The third-order valence-electron chi connectivity index (χ3n) is 6.13. The van der Waals surface area contributed by atoms with Crippen molar-refractivity contribution in [2.45, 2.75) is 39.0 Å². The molecule has 0 saturated carbocycles. The van der Waals surface area contributed by atoms with Gasteiger partial charge in [0.05, 0.1) is 25.7 Å². The molecular weight excluding hydrogens is 410 g/mol. The number of hydrogen-bond donors (Lipinski definition) is 0. The molecule has 2 fully saturated rings. The van der Waals surface area contributed by atoms with E-state index in [2.05, 4.69) is 21.9 Å². The first kappa shape index (κ1) is 20.6. The molecule has 0 aliphatic carbocycles. The first-order valence-electron chi connectivity index (χ1n) is 10.9. The van der Waals surface area contributed by atoms with Crippen molar-refractivity contribution in [2.24, 2.45) is 0 Å². The summed E-state index contributed by atoms with van der Waals surface area (Å²) in [5.41, 5.74) is 3.22. The predicted octanol–water partition coefficient (Wildman–Crippen LogP) is 2.12. The molecule has 0 bridgehead atoms. The summed E-state index contributed by atoms with van der Waals surface area (Å²) in [6.45, 7) is 7.21. The summed E-state index contributed by atoms with van der Waals surface area (Å²) in [6.07, 6.45) is 4.09. The number of aromatic nitrogens is 5. The predicted molar refractivity (Wildman–Crippen MR) is 117 cm³/mol. The minimum absolute atomic E-state index is 0.0432. The van der Waals surface area contributed by atoms with Crippen molar-refractivity contribution < 1.29 is 14.3 Å². The van der Waals surface area contributed by atoms with Gasteiger partial charge in [-0.15, -0.1) is 0 Å². The fourth-order valence-electron chi connectivity index (χ4n) is 4.22. The number of urea groups is 1. The lowest BCUT2D eigenvalue weighted by atomic mass is 10.2. The number of rotatable bonds is 5. The number of carbonyl (C=O) groups is 1. The smallest absolute Gasteiger partial charge is 0.320 e. The van der Waals surface area contributed by atoms with Gasteiger partial charge in [0, 0.05) is 44.1 Å². The molecule has 3 aromatic rings. The van der Waals surface area contributed by atoms with Crippen LogP contribution in [0.5, 0.6) is 5.88 Å². The summed E-state index contributed by atoms with van der Waals surface area (Å²) >= 11 is 0. The van der Waals surface area contributed by atoms with Crippen LogP contribution in [0.2, 0.25) is 0 Å². The van der Waals surface area contributed by atoms with Crippen molar-refractivity contribution >= 4 is 17.2 Å². The molecule has 5 rings (SSSR count). The van der Waals surface area contributed by atoms with Gasteiger partial charge in [0.1, 0.15) is 18.3 Å². The van der Waals surface area contributed by atoms with E-state index in [9.17, 15) is 4.79 Å². The lowest BCUT2D eigenvalue weighted by molar-refractivity contribution is -0.0147. The number of likely N-dealkylation sites (tertiary alicyclic amines) is 2. The zero-order valence-corrected chi connectivity index (χ0v) is 18.6. The van der Waals surface area contributed by atoms with E-state index in [4.69, 9.17) is 14.5 Å². The highest BCUT2D eigenvalue weighted by Crippen LogP contribution is 2.29. The van der Waals surface area contributed by atoms with Crippen molar-refractivity contribution in [3.8, 4) is 17.3 Å². The maximum Gasteiger partial charge on any atom is 0.320 e. The zero-order valence-electron chi connectivity index (χ0n) is 18.6. The lowest BCUT2D eigenvalue weighted by Crippen LogP contribution is -2.58. The van der Waals surface area contributed by atoms with E-state index in [0.717, 1.165) is 29.1 Å². The molecule has 10 heteroatoms. The van der Waals surface area contributed by atoms with Crippen LogP contribution in [0.1, 0.15) is 19.0 Å². The topological polar surface area (TPSA) is 98.5 Å². The number of ether oxygens (including phenoxy) is 2. The Morgan fingerprint density at radius 2 is 1.94 bits per heavy atom. The van der Waals surface area contributed by atoms with E-state index in [1.54, 1.807) is 7.11 Å². The summed E-state index contributed by atoms with van der Waals surface area (Å²) in [6, 6.07) is 4.02. The molecule has 2 amide bonds. The van der Waals surface area contributed by atoms with E-state index in [-0.39, 0.29) is 18.2 Å². The molecular formula is C22H27N7O3. The number of nitrogens with zero attached hydrogens (tertiary/aromatic N) is 7. The van der Waals surface area contributed by atoms with Gasteiger partial charge in [-0.05, 0) is 26.0 Å². The Morgan fingerprint density at radius 1 is 1.12 bits per heavy atom. The number of methoxy groups -OCH3 is 1. The largest absolute Gasteiger partial charge is 0.471 e. The molecule has 0 unspecified atom stereocenters. The van der Waals surface area contributed by atoms with Crippen LogP contribution in [0.3, 0.4) is 0 Å². The highest BCUT2D eigenvalue weighted by atomic mass is 16.5. The van der Waals surface area contributed by atoms with Gasteiger partial charge in [0.25, 0.3) is 0 Å². The molecule has 10 nitrogen and oxygen atoms in total. The third-order valence-corrected chi connectivity index (χ3v) is 6.13. The standard InChI is InChI=1S/C22H27N7O3/c1-4-29-19(15-6-5-14(2)23-9-15)26-18-20(29)24-13-25-21(18)32-16-7-8-27(10-16)22(30)28-11-17(12-28)31-3/h5-6,9,13,16-17H,4,7-8,10-12H2,1-3H3/t16-/m0/s1. The Labute approximate surface area is 186 Å². The van der Waals surface area contributed by atoms with E-state index in [1.165, 1.54) is 6.33 Å². The molecule has 2 aliphatic rings. The second-order valence-corrected chi connectivity index (χ2v) is 8.24. The second-order valence-electron chi connectivity index (χ2n) is 8.24. The fourth-order valence-corrected chi connectivity index (χ4v) is 4.22. The van der Waals surface area contributed by atoms with E-state index in [0.29, 0.717) is 44.1 Å². The molecule has 2 saturated heterocycles. The molecule has 1 atom stereocenters. The van der Waals surface area contributed by atoms with Crippen LogP contribution < -0.4 is 4.74 Å².